The molecule has 0 unspecified atom stereocenters. The largest absolute Gasteiger partial charge is 0.397 e. The molecule has 0 aliphatic carbocycles. The molecular weight excluding hydrogens is 252 g/mol. The van der Waals surface area contributed by atoms with E-state index in [0.29, 0.717) is 16.4 Å². The van der Waals surface area contributed by atoms with Crippen LogP contribution in [0.25, 0.3) is 0 Å². The van der Waals surface area contributed by atoms with E-state index in [1.807, 2.05) is 13.0 Å². The number of aromatic nitrogens is 2. The van der Waals surface area contributed by atoms with Gasteiger partial charge in [0.1, 0.15) is 6.54 Å². The first-order chi connectivity index (χ1) is 8.54. The normalized spacial score (nSPS) is 10.3. The molecule has 1 aromatic carbocycles. The van der Waals surface area contributed by atoms with Crippen LogP contribution in [0.5, 0.6) is 0 Å². The fraction of sp³-hybridized carbons (Fsp3) is 0.167. The number of nitrogens with two attached hydrogens (primary N) is 1. The molecule has 1 heterocycles. The maximum Gasteiger partial charge on any atom is 0.246 e. The third-order valence-corrected chi connectivity index (χ3v) is 2.58. The van der Waals surface area contributed by atoms with Gasteiger partial charge in [-0.3, -0.25) is 9.48 Å². The van der Waals surface area contributed by atoms with E-state index in [-0.39, 0.29) is 12.5 Å². The third kappa shape index (κ3) is 3.01. The van der Waals surface area contributed by atoms with Crippen LogP contribution in [0.4, 0.5) is 11.4 Å². The van der Waals surface area contributed by atoms with E-state index in [9.17, 15) is 4.79 Å². The smallest absolute Gasteiger partial charge is 0.246 e. The van der Waals surface area contributed by atoms with Crippen LogP contribution in [-0.4, -0.2) is 15.7 Å². The second-order valence-corrected chi connectivity index (χ2v) is 4.43. The lowest BCUT2D eigenvalue weighted by Crippen LogP contribution is -2.19. The molecule has 18 heavy (non-hydrogen) atoms. The molecule has 2 aromatic rings. The maximum atomic E-state index is 11.8. The van der Waals surface area contributed by atoms with E-state index in [1.54, 1.807) is 18.3 Å². The lowest BCUT2D eigenvalue weighted by atomic mass is 10.2. The molecule has 0 bridgehead atoms. The second kappa shape index (κ2) is 5.10. The summed E-state index contributed by atoms with van der Waals surface area (Å²) in [6, 6.07) is 5.47. The van der Waals surface area contributed by atoms with Gasteiger partial charge in [0.2, 0.25) is 5.91 Å². The summed E-state index contributed by atoms with van der Waals surface area (Å²) in [5, 5.41) is 7.15. The molecule has 0 aliphatic heterocycles. The average molecular weight is 265 g/mol. The van der Waals surface area contributed by atoms with Crippen LogP contribution < -0.4 is 11.1 Å². The first kappa shape index (κ1) is 12.4. The van der Waals surface area contributed by atoms with Gasteiger partial charge in [-0.2, -0.15) is 5.10 Å². The molecule has 94 valence electrons. The summed E-state index contributed by atoms with van der Waals surface area (Å²) in [7, 11) is 0. The summed E-state index contributed by atoms with van der Waals surface area (Å²) in [6.07, 6.45) is 3.06. The molecule has 0 radical (unpaired) electrons. The van der Waals surface area contributed by atoms with Crippen molar-refractivity contribution in [1.29, 1.82) is 0 Å². The number of carbonyl (C=O) groups is 1. The summed E-state index contributed by atoms with van der Waals surface area (Å²) < 4.78 is 1.46. The predicted molar refractivity (Wildman–Crippen MR) is 71.5 cm³/mol. The molecule has 1 amide bonds. The molecule has 0 saturated heterocycles. The van der Waals surface area contributed by atoms with Crippen molar-refractivity contribution in [3.8, 4) is 0 Å². The Labute approximate surface area is 110 Å². The Morgan fingerprint density at radius 3 is 2.94 bits per heavy atom. The Bertz CT molecular complexity index is 579. The summed E-state index contributed by atoms with van der Waals surface area (Å²) in [4.78, 5) is 11.8. The molecule has 1 aromatic heterocycles. The Balaban J connectivity index is 2.03. The van der Waals surface area contributed by atoms with Crippen molar-refractivity contribution in [2.45, 2.75) is 13.5 Å². The first-order valence-corrected chi connectivity index (χ1v) is 5.76. The van der Waals surface area contributed by atoms with Crippen molar-refractivity contribution in [2.75, 3.05) is 11.1 Å². The van der Waals surface area contributed by atoms with Crippen molar-refractivity contribution in [2.24, 2.45) is 0 Å². The fourth-order valence-electron chi connectivity index (χ4n) is 1.56. The van der Waals surface area contributed by atoms with Crippen molar-refractivity contribution in [3.63, 3.8) is 0 Å². The molecule has 5 nitrogen and oxygen atoms in total. The van der Waals surface area contributed by atoms with Gasteiger partial charge in [-0.1, -0.05) is 17.7 Å². The van der Waals surface area contributed by atoms with Crippen molar-refractivity contribution >= 4 is 28.9 Å². The summed E-state index contributed by atoms with van der Waals surface area (Å²) in [6.45, 7) is 2.04. The van der Waals surface area contributed by atoms with E-state index in [0.717, 1.165) is 5.56 Å². The van der Waals surface area contributed by atoms with Gasteiger partial charge < -0.3 is 11.1 Å². The minimum absolute atomic E-state index is 0.0973. The predicted octanol–water partition coefficient (Wildman–Crippen LogP) is 2.07. The van der Waals surface area contributed by atoms with Crippen molar-refractivity contribution < 1.29 is 4.79 Å². The number of aryl methyl sites for hydroxylation is 1. The number of benzene rings is 1. The Morgan fingerprint density at radius 2 is 2.33 bits per heavy atom. The fourth-order valence-corrected chi connectivity index (χ4v) is 1.71. The van der Waals surface area contributed by atoms with Crippen LogP contribution in [0.15, 0.2) is 30.6 Å². The van der Waals surface area contributed by atoms with Gasteiger partial charge in [0, 0.05) is 6.20 Å². The number of halogens is 1. The van der Waals surface area contributed by atoms with Crippen LogP contribution >= 0.6 is 11.6 Å². The first-order valence-electron chi connectivity index (χ1n) is 5.38. The summed E-state index contributed by atoms with van der Waals surface area (Å²) in [5.41, 5.74) is 8.00. The van der Waals surface area contributed by atoms with Crippen molar-refractivity contribution in [3.05, 3.63) is 41.2 Å². The number of nitrogens with zero attached hydrogens (tertiary/aromatic N) is 2. The molecule has 6 heteroatoms. The number of nitrogen functional groups attached to an aromatic ring is 1. The van der Waals surface area contributed by atoms with Gasteiger partial charge in [-0.15, -0.1) is 0 Å². The lowest BCUT2D eigenvalue weighted by molar-refractivity contribution is -0.116. The highest BCUT2D eigenvalue weighted by Crippen LogP contribution is 2.19. The van der Waals surface area contributed by atoms with Gasteiger partial charge in [0.05, 0.1) is 22.6 Å². The molecular formula is C12H13ClN4O. The minimum Gasteiger partial charge on any atom is -0.397 e. The summed E-state index contributed by atoms with van der Waals surface area (Å²) >= 11 is 5.71. The highest BCUT2D eigenvalue weighted by atomic mass is 35.5. The van der Waals surface area contributed by atoms with Crippen LogP contribution in [0.3, 0.4) is 0 Å². The second-order valence-electron chi connectivity index (χ2n) is 4.00. The minimum atomic E-state index is -0.203. The molecule has 0 aliphatic rings. The third-order valence-electron chi connectivity index (χ3n) is 2.39. The Kier molecular flexibility index (Phi) is 3.53. The van der Waals surface area contributed by atoms with E-state index >= 15 is 0 Å². The molecule has 0 spiro atoms. The zero-order chi connectivity index (χ0) is 13.1. The highest BCUT2D eigenvalue weighted by Gasteiger charge is 2.07. The SMILES string of the molecule is Cc1ccc(NC(=O)Cn2cc(Cl)cn2)c(N)c1. The average Bonchev–Trinajstić information content (AvgIpc) is 2.68. The van der Waals surface area contributed by atoms with E-state index in [1.165, 1.54) is 10.9 Å². The molecule has 3 N–H and O–H groups in total. The van der Waals surface area contributed by atoms with Gasteiger partial charge in [-0.25, -0.2) is 0 Å². The highest BCUT2D eigenvalue weighted by molar-refractivity contribution is 6.30. The molecule has 0 fully saturated rings. The van der Waals surface area contributed by atoms with Crippen LogP contribution in [0.1, 0.15) is 5.56 Å². The standard InChI is InChI=1S/C12H13ClN4O/c1-8-2-3-11(10(14)4-8)16-12(18)7-17-6-9(13)5-15-17/h2-6H,7,14H2,1H3,(H,16,18). The van der Waals surface area contributed by atoms with Gasteiger partial charge in [0.25, 0.3) is 0 Å². The zero-order valence-electron chi connectivity index (χ0n) is 9.85. The van der Waals surface area contributed by atoms with Crippen LogP contribution in [-0.2, 0) is 11.3 Å². The maximum absolute atomic E-state index is 11.8. The van der Waals surface area contributed by atoms with Gasteiger partial charge >= 0.3 is 0 Å². The molecule has 0 saturated carbocycles. The van der Waals surface area contributed by atoms with Crippen LogP contribution in [0.2, 0.25) is 5.02 Å². The number of rotatable bonds is 3. The zero-order valence-corrected chi connectivity index (χ0v) is 10.6. The number of amides is 1. The van der Waals surface area contributed by atoms with Gasteiger partial charge in [0.15, 0.2) is 0 Å². The number of hydrogen-bond acceptors (Lipinski definition) is 3. The topological polar surface area (TPSA) is 72.9 Å². The summed E-state index contributed by atoms with van der Waals surface area (Å²) in [5.74, 6) is -0.203. The Hall–Kier alpha value is -2.01. The van der Waals surface area contributed by atoms with E-state index in [2.05, 4.69) is 10.4 Å². The lowest BCUT2D eigenvalue weighted by Gasteiger charge is -2.08. The molecule has 2 rings (SSSR count). The number of carbonyl (C=O) groups excluding carboxylic acids is 1. The Morgan fingerprint density at radius 1 is 1.56 bits per heavy atom. The van der Waals surface area contributed by atoms with E-state index in [4.69, 9.17) is 17.3 Å². The number of hydrogen-bond donors (Lipinski definition) is 2. The monoisotopic (exact) mass is 264 g/mol. The van der Waals surface area contributed by atoms with Crippen LogP contribution in [0, 0.1) is 6.92 Å². The number of nitrogens with one attached hydrogen (secondary N) is 1. The van der Waals surface area contributed by atoms with Crippen molar-refractivity contribution in [1.82, 2.24) is 9.78 Å². The number of anilines is 2. The molecule has 0 atom stereocenters. The quantitative estimate of drug-likeness (QED) is 0.834. The van der Waals surface area contributed by atoms with E-state index < -0.39 is 0 Å². The van der Waals surface area contributed by atoms with Gasteiger partial charge in [-0.05, 0) is 24.6 Å².